The van der Waals surface area contributed by atoms with E-state index in [1.165, 1.54) is 24.5 Å². The van der Waals surface area contributed by atoms with Gasteiger partial charge in [-0.1, -0.05) is 62.3 Å². The lowest BCUT2D eigenvalue weighted by atomic mass is 9.39. The molecular weight excluding hydrogens is 617 g/mol. The predicted molar refractivity (Wildman–Crippen MR) is 190 cm³/mol. The van der Waals surface area contributed by atoms with Crippen LogP contribution in [0.2, 0.25) is 0 Å². The van der Waals surface area contributed by atoms with Crippen LogP contribution in [0, 0.1) is 51.7 Å². The van der Waals surface area contributed by atoms with Gasteiger partial charge in [0.05, 0.1) is 24.1 Å². The molecule has 3 aliphatic rings. The molecule has 0 aliphatic heterocycles. The minimum absolute atomic E-state index is 0.0583. The molecule has 0 aromatic carbocycles. The van der Waals surface area contributed by atoms with E-state index in [4.69, 9.17) is 9.15 Å². The summed E-state index contributed by atoms with van der Waals surface area (Å²) in [5, 5.41) is 9.01. The number of rotatable bonds is 10. The first-order valence-corrected chi connectivity index (χ1v) is 18.8. The number of hydrogen-bond acceptors (Lipinski definition) is 7. The lowest BCUT2D eigenvalue weighted by Crippen LogP contribution is -2.58. The predicted octanol–water partition coefficient (Wildman–Crippen LogP) is 10.1. The highest BCUT2D eigenvalue weighted by atomic mass is 19.1. The van der Waals surface area contributed by atoms with Crippen molar-refractivity contribution >= 4 is 12.3 Å². The zero-order valence-electron chi connectivity index (χ0n) is 31.7. The molecule has 2 aromatic rings. The summed E-state index contributed by atoms with van der Waals surface area (Å²) in [6.45, 7) is 22.2. The number of halogens is 1. The highest BCUT2D eigenvalue weighted by molar-refractivity contribution is 5.76. The van der Waals surface area contributed by atoms with Gasteiger partial charge in [0.1, 0.15) is 17.8 Å². The second kappa shape index (κ2) is 14.0. The maximum absolute atomic E-state index is 13.6. The van der Waals surface area contributed by atoms with E-state index in [0.717, 1.165) is 63.0 Å². The molecule has 8 heteroatoms. The quantitative estimate of drug-likeness (QED) is 0.140. The Bertz CT molecular complexity index is 1530. The fraction of sp³-hybridized carbons (Fsp3) is 0.732. The Morgan fingerprint density at radius 1 is 1.10 bits per heavy atom. The van der Waals surface area contributed by atoms with Crippen LogP contribution in [0.1, 0.15) is 139 Å². The molecule has 0 bridgehead atoms. The summed E-state index contributed by atoms with van der Waals surface area (Å²) in [6, 6.07) is 2.91. The van der Waals surface area contributed by atoms with Gasteiger partial charge in [0.25, 0.3) is 5.89 Å². The van der Waals surface area contributed by atoms with Gasteiger partial charge in [-0.05, 0) is 134 Å². The van der Waals surface area contributed by atoms with Crippen molar-refractivity contribution in [2.24, 2.45) is 45.8 Å². The van der Waals surface area contributed by atoms with Crippen LogP contribution < -0.4 is 0 Å². The molecule has 2 heterocycles. The van der Waals surface area contributed by atoms with Crippen LogP contribution in [0.5, 0.6) is 0 Å². The minimum atomic E-state index is -0.548. The standard InChI is InChI=1S/C41H60FN3O4/c1-11-41(37-45-44-36(49-37)32-14-12-28(42)23-43-32)21-18-31-29(35(41)30(24-46)25(2)3)13-15-33-39(9,26(4)16-19-40(31,33)10)20-17-27(5)48-34(47)22-38(6,7)8/h12,14,23-27,29,31,33H,11,13,15-22H2,1-10H3/b35-30+. The topological polar surface area (TPSA) is 95.2 Å². The highest BCUT2D eigenvalue weighted by Gasteiger charge is 2.62. The molecule has 3 fully saturated rings. The van der Waals surface area contributed by atoms with E-state index in [1.54, 1.807) is 6.07 Å². The van der Waals surface area contributed by atoms with Crippen molar-refractivity contribution in [2.75, 3.05) is 0 Å². The molecule has 0 radical (unpaired) electrons. The van der Waals surface area contributed by atoms with Crippen LogP contribution in [0.4, 0.5) is 4.39 Å². The number of fused-ring (bicyclic) bond motifs is 3. The molecule has 7 nitrogen and oxygen atoms in total. The second-order valence-corrected chi connectivity index (χ2v) is 17.8. The van der Waals surface area contributed by atoms with Gasteiger partial charge in [0, 0.05) is 0 Å². The molecule has 0 spiro atoms. The Morgan fingerprint density at radius 2 is 1.84 bits per heavy atom. The molecule has 8 atom stereocenters. The molecular formula is C41H60FN3O4. The van der Waals surface area contributed by atoms with Crippen LogP contribution >= 0.6 is 0 Å². The summed E-state index contributed by atoms with van der Waals surface area (Å²) >= 11 is 0. The third-order valence-corrected chi connectivity index (χ3v) is 13.2. The van der Waals surface area contributed by atoms with E-state index in [9.17, 15) is 14.0 Å². The molecule has 8 unspecified atom stereocenters. The van der Waals surface area contributed by atoms with Crippen LogP contribution in [-0.4, -0.2) is 33.5 Å². The number of pyridine rings is 1. The smallest absolute Gasteiger partial charge is 0.306 e. The van der Waals surface area contributed by atoms with Crippen LogP contribution in [0.15, 0.2) is 33.9 Å². The summed E-state index contributed by atoms with van der Waals surface area (Å²) in [6.07, 6.45) is 11.5. The number of allylic oxidation sites excluding steroid dienone is 2. The summed E-state index contributed by atoms with van der Waals surface area (Å²) in [4.78, 5) is 29.8. The number of esters is 1. The van der Waals surface area contributed by atoms with Gasteiger partial charge >= 0.3 is 5.97 Å². The Morgan fingerprint density at radius 3 is 2.45 bits per heavy atom. The molecule has 3 aliphatic carbocycles. The summed E-state index contributed by atoms with van der Waals surface area (Å²) in [5.41, 5.74) is 2.12. The van der Waals surface area contributed by atoms with Gasteiger partial charge < -0.3 is 9.15 Å². The Labute approximate surface area is 293 Å². The number of hydrogen-bond donors (Lipinski definition) is 0. The van der Waals surface area contributed by atoms with Crippen LogP contribution in [0.3, 0.4) is 0 Å². The first-order valence-electron chi connectivity index (χ1n) is 18.8. The average molecular weight is 678 g/mol. The number of aromatic nitrogens is 3. The molecule has 49 heavy (non-hydrogen) atoms. The van der Waals surface area contributed by atoms with Gasteiger partial charge in [-0.2, -0.15) is 0 Å². The van der Waals surface area contributed by atoms with Crippen molar-refractivity contribution in [1.29, 1.82) is 0 Å². The first-order chi connectivity index (χ1) is 23.0. The Hall–Kier alpha value is -2.90. The minimum Gasteiger partial charge on any atom is -0.463 e. The molecule has 2 aromatic heterocycles. The largest absolute Gasteiger partial charge is 0.463 e. The molecule has 0 N–H and O–H groups in total. The third kappa shape index (κ3) is 7.04. The number of carbonyl (C=O) groups is 2. The maximum atomic E-state index is 13.6. The van der Waals surface area contributed by atoms with E-state index < -0.39 is 11.2 Å². The van der Waals surface area contributed by atoms with Gasteiger partial charge in [-0.25, -0.2) is 9.37 Å². The summed E-state index contributed by atoms with van der Waals surface area (Å²) < 4.78 is 26.0. The number of carbonyl (C=O) groups excluding carboxylic acids is 2. The fourth-order valence-electron chi connectivity index (χ4n) is 10.5. The Balaban J connectivity index is 1.47. The molecule has 270 valence electrons. The van der Waals surface area contributed by atoms with Gasteiger partial charge in [-0.3, -0.25) is 9.59 Å². The van der Waals surface area contributed by atoms with Crippen molar-refractivity contribution in [1.82, 2.24) is 15.2 Å². The number of ether oxygens (including phenoxy) is 1. The molecule has 3 saturated carbocycles. The van der Waals surface area contributed by atoms with Crippen LogP contribution in [0.25, 0.3) is 11.6 Å². The van der Waals surface area contributed by atoms with E-state index in [0.29, 0.717) is 35.8 Å². The summed E-state index contributed by atoms with van der Waals surface area (Å²) in [7, 11) is 0. The van der Waals surface area contributed by atoms with Gasteiger partial charge in [0.15, 0.2) is 0 Å². The Kier molecular flexibility index (Phi) is 10.7. The highest BCUT2D eigenvalue weighted by Crippen LogP contribution is 2.69. The summed E-state index contributed by atoms with van der Waals surface area (Å²) in [5.74, 6) is 2.13. The van der Waals surface area contributed by atoms with Crippen LogP contribution in [-0.2, 0) is 19.7 Å². The van der Waals surface area contributed by atoms with E-state index in [2.05, 4.69) is 84.4 Å². The number of aldehydes is 1. The maximum Gasteiger partial charge on any atom is 0.306 e. The van der Waals surface area contributed by atoms with E-state index in [-0.39, 0.29) is 46.0 Å². The zero-order chi connectivity index (χ0) is 35.9. The molecule has 0 amide bonds. The lowest BCUT2D eigenvalue weighted by Gasteiger charge is -2.65. The average Bonchev–Trinajstić information content (AvgIpc) is 3.53. The first kappa shape index (κ1) is 37.4. The second-order valence-electron chi connectivity index (χ2n) is 17.8. The van der Waals surface area contributed by atoms with Crippen molar-refractivity contribution < 1.29 is 23.1 Å². The monoisotopic (exact) mass is 677 g/mol. The molecule has 5 rings (SSSR count). The van der Waals surface area contributed by atoms with Crippen molar-refractivity contribution in [3.8, 4) is 11.6 Å². The van der Waals surface area contributed by atoms with E-state index >= 15 is 0 Å². The van der Waals surface area contributed by atoms with E-state index in [1.807, 2.05) is 0 Å². The lowest BCUT2D eigenvalue weighted by molar-refractivity contribution is -0.154. The SMILES string of the molecule is CCC1(c2nnc(-c3ccc(F)cn3)o2)CCC2C(CCC3C(C)(CCC(C)OC(=O)CC(C)(C)C)C(C)CCC23C)/C1=C(/C=O)C(C)C. The van der Waals surface area contributed by atoms with Gasteiger partial charge in [-0.15, -0.1) is 10.2 Å². The molecule has 0 saturated heterocycles. The normalized spacial score (nSPS) is 33.4. The van der Waals surface area contributed by atoms with Crippen molar-refractivity contribution in [3.63, 3.8) is 0 Å². The fourth-order valence-corrected chi connectivity index (χ4v) is 10.5. The van der Waals surface area contributed by atoms with Gasteiger partial charge in [0.2, 0.25) is 5.89 Å². The third-order valence-electron chi connectivity index (χ3n) is 13.2. The zero-order valence-corrected chi connectivity index (χ0v) is 31.7. The number of nitrogens with zero attached hydrogens (tertiary/aromatic N) is 3. The van der Waals surface area contributed by atoms with Crippen molar-refractivity contribution in [3.05, 3.63) is 41.2 Å². The van der Waals surface area contributed by atoms with Crippen molar-refractivity contribution in [2.45, 2.75) is 145 Å².